The van der Waals surface area contributed by atoms with Crippen molar-refractivity contribution < 1.29 is 4.74 Å². The first kappa shape index (κ1) is 14.4. The van der Waals surface area contributed by atoms with Crippen molar-refractivity contribution in [2.24, 2.45) is 5.92 Å². The normalized spacial score (nSPS) is 28.6. The fourth-order valence-electron chi connectivity index (χ4n) is 3.42. The molecule has 3 nitrogen and oxygen atoms in total. The van der Waals surface area contributed by atoms with Gasteiger partial charge < -0.3 is 15.0 Å². The molecule has 1 unspecified atom stereocenters. The van der Waals surface area contributed by atoms with Crippen molar-refractivity contribution in [1.29, 1.82) is 0 Å². The second-order valence-electron chi connectivity index (χ2n) is 5.81. The van der Waals surface area contributed by atoms with E-state index in [1.165, 1.54) is 38.0 Å². The average Bonchev–Trinajstić information content (AvgIpc) is 2.49. The number of fused-ring (bicyclic) bond motifs is 3. The first-order valence-electron chi connectivity index (χ1n) is 7.63. The molecule has 4 heteroatoms. The Hall–Kier alpha value is -0.580. The maximum atomic E-state index is 5.72. The van der Waals surface area contributed by atoms with E-state index >= 15 is 0 Å². The van der Waals surface area contributed by atoms with E-state index in [1.54, 1.807) is 0 Å². The van der Waals surface area contributed by atoms with Crippen LogP contribution in [0.5, 0.6) is 5.75 Å². The fraction of sp³-hybridized carbons (Fsp3) is 0.625. The number of rotatable bonds is 5. The summed E-state index contributed by atoms with van der Waals surface area (Å²) in [6.45, 7) is 7.45. The lowest BCUT2D eigenvalue weighted by Crippen LogP contribution is -2.55. The topological polar surface area (TPSA) is 24.5 Å². The molecule has 3 saturated heterocycles. The summed E-state index contributed by atoms with van der Waals surface area (Å²) < 4.78 is 6.84. The van der Waals surface area contributed by atoms with E-state index in [0.717, 1.165) is 22.7 Å². The van der Waals surface area contributed by atoms with Gasteiger partial charge in [0.15, 0.2) is 0 Å². The van der Waals surface area contributed by atoms with Crippen molar-refractivity contribution in [2.75, 3.05) is 26.2 Å². The van der Waals surface area contributed by atoms with Gasteiger partial charge in [-0.1, -0.05) is 15.9 Å². The van der Waals surface area contributed by atoms with Gasteiger partial charge in [0.1, 0.15) is 5.75 Å². The largest absolute Gasteiger partial charge is 0.494 e. The Labute approximate surface area is 129 Å². The number of hydrogen-bond acceptors (Lipinski definition) is 3. The van der Waals surface area contributed by atoms with Gasteiger partial charge in [-0.3, -0.25) is 0 Å². The van der Waals surface area contributed by atoms with E-state index < -0.39 is 0 Å². The Balaban J connectivity index is 1.64. The Bertz CT molecular complexity index is 458. The van der Waals surface area contributed by atoms with Crippen molar-refractivity contribution >= 4 is 15.9 Å². The Morgan fingerprint density at radius 3 is 2.80 bits per heavy atom. The number of nitrogens with one attached hydrogen (secondary N) is 1. The average molecular weight is 339 g/mol. The molecule has 3 aliphatic rings. The molecule has 1 aromatic carbocycles. The maximum absolute atomic E-state index is 5.72. The zero-order chi connectivity index (χ0) is 13.9. The molecule has 0 amide bonds. The lowest BCUT2D eigenvalue weighted by molar-refractivity contribution is 0.0719. The van der Waals surface area contributed by atoms with Crippen LogP contribution in [0.25, 0.3) is 0 Å². The number of piperidine rings is 3. The molecule has 0 aromatic heterocycles. The molecule has 110 valence electrons. The predicted octanol–water partition coefficient (Wildman–Crippen LogP) is 3.03. The highest BCUT2D eigenvalue weighted by molar-refractivity contribution is 9.10. The van der Waals surface area contributed by atoms with Crippen molar-refractivity contribution in [3.63, 3.8) is 0 Å². The Kier molecular flexibility index (Phi) is 4.64. The van der Waals surface area contributed by atoms with Gasteiger partial charge in [0.25, 0.3) is 0 Å². The smallest absolute Gasteiger partial charge is 0.123 e. The van der Waals surface area contributed by atoms with Crippen LogP contribution in [0.15, 0.2) is 22.7 Å². The van der Waals surface area contributed by atoms with E-state index in [2.05, 4.69) is 38.3 Å². The van der Waals surface area contributed by atoms with Crippen LogP contribution in [-0.4, -0.2) is 37.2 Å². The number of hydrogen-bond donors (Lipinski definition) is 1. The highest BCUT2D eigenvalue weighted by atomic mass is 79.9. The van der Waals surface area contributed by atoms with Crippen molar-refractivity contribution in [3.05, 3.63) is 28.2 Å². The second kappa shape index (κ2) is 6.46. The lowest BCUT2D eigenvalue weighted by Gasteiger charge is -2.45. The molecule has 20 heavy (non-hydrogen) atoms. The second-order valence-corrected chi connectivity index (χ2v) is 6.73. The highest BCUT2D eigenvalue weighted by Crippen LogP contribution is 2.29. The molecular weight excluding hydrogens is 316 g/mol. The zero-order valence-electron chi connectivity index (χ0n) is 12.1. The van der Waals surface area contributed by atoms with E-state index in [-0.39, 0.29) is 0 Å². The molecule has 3 heterocycles. The minimum atomic E-state index is 0.644. The minimum absolute atomic E-state index is 0.644. The monoisotopic (exact) mass is 338 g/mol. The van der Waals surface area contributed by atoms with Crippen LogP contribution in [0.4, 0.5) is 0 Å². The maximum Gasteiger partial charge on any atom is 0.123 e. The lowest BCUT2D eigenvalue weighted by atomic mass is 9.84. The van der Waals surface area contributed by atoms with Crippen LogP contribution in [0.2, 0.25) is 0 Å². The van der Waals surface area contributed by atoms with Gasteiger partial charge in [0, 0.05) is 29.2 Å². The van der Waals surface area contributed by atoms with Gasteiger partial charge >= 0.3 is 0 Å². The third-order valence-corrected chi connectivity index (χ3v) is 5.03. The van der Waals surface area contributed by atoms with E-state index in [9.17, 15) is 0 Å². The van der Waals surface area contributed by atoms with Gasteiger partial charge in [0.2, 0.25) is 0 Å². The molecule has 4 rings (SSSR count). The van der Waals surface area contributed by atoms with Gasteiger partial charge in [-0.25, -0.2) is 0 Å². The van der Waals surface area contributed by atoms with Crippen molar-refractivity contribution in [3.8, 4) is 5.75 Å². The third-order valence-electron chi connectivity index (χ3n) is 4.53. The minimum Gasteiger partial charge on any atom is -0.494 e. The molecule has 0 aliphatic carbocycles. The highest BCUT2D eigenvalue weighted by Gasteiger charge is 2.33. The Morgan fingerprint density at radius 2 is 2.15 bits per heavy atom. The van der Waals surface area contributed by atoms with Crippen LogP contribution >= 0.6 is 15.9 Å². The molecule has 0 radical (unpaired) electrons. The third kappa shape index (κ3) is 3.18. The van der Waals surface area contributed by atoms with Crippen LogP contribution in [0.3, 0.4) is 0 Å². The van der Waals surface area contributed by atoms with Gasteiger partial charge in [0.05, 0.1) is 6.61 Å². The number of ether oxygens (including phenoxy) is 1. The van der Waals surface area contributed by atoms with Crippen molar-refractivity contribution in [2.45, 2.75) is 32.4 Å². The molecule has 3 fully saturated rings. The van der Waals surface area contributed by atoms with Crippen LogP contribution in [0.1, 0.15) is 25.3 Å². The zero-order valence-corrected chi connectivity index (χ0v) is 13.7. The summed E-state index contributed by atoms with van der Waals surface area (Å²) >= 11 is 3.55. The first-order valence-corrected chi connectivity index (χ1v) is 8.42. The summed E-state index contributed by atoms with van der Waals surface area (Å²) in [6, 6.07) is 6.91. The summed E-state index contributed by atoms with van der Waals surface area (Å²) in [5, 5.41) is 3.75. The van der Waals surface area contributed by atoms with Crippen LogP contribution < -0.4 is 10.1 Å². The molecule has 0 spiro atoms. The number of halogens is 1. The predicted molar refractivity (Wildman–Crippen MR) is 85.1 cm³/mol. The molecule has 1 N–H and O–H groups in total. The van der Waals surface area contributed by atoms with E-state index in [1.807, 2.05) is 13.0 Å². The molecule has 3 aliphatic heterocycles. The van der Waals surface area contributed by atoms with Crippen LogP contribution in [0, 0.1) is 5.92 Å². The van der Waals surface area contributed by atoms with Gasteiger partial charge in [-0.05, 0) is 57.0 Å². The van der Waals surface area contributed by atoms with Crippen molar-refractivity contribution in [1.82, 2.24) is 10.2 Å². The SMILES string of the molecule is CCOc1ccc(Br)cc1CNC1CN2CCC1CC2. The van der Waals surface area contributed by atoms with Crippen LogP contribution in [-0.2, 0) is 6.54 Å². The number of nitrogens with zero attached hydrogens (tertiary/aromatic N) is 1. The van der Waals surface area contributed by atoms with E-state index in [0.29, 0.717) is 12.6 Å². The summed E-state index contributed by atoms with van der Waals surface area (Å²) in [4.78, 5) is 2.59. The van der Waals surface area contributed by atoms with E-state index in [4.69, 9.17) is 4.74 Å². The molecule has 0 saturated carbocycles. The molecule has 2 bridgehead atoms. The summed E-state index contributed by atoms with van der Waals surface area (Å²) in [6.07, 6.45) is 2.71. The fourth-order valence-corrected chi connectivity index (χ4v) is 3.83. The van der Waals surface area contributed by atoms with Gasteiger partial charge in [-0.15, -0.1) is 0 Å². The van der Waals surface area contributed by atoms with Gasteiger partial charge in [-0.2, -0.15) is 0 Å². The molecule has 1 atom stereocenters. The molecule has 1 aromatic rings. The standard InChI is InChI=1S/C16H23BrN2O/c1-2-20-16-4-3-14(17)9-13(16)10-18-15-11-19-7-5-12(15)6-8-19/h3-4,9,12,15,18H,2,5-8,10-11H2,1H3. The first-order chi connectivity index (χ1) is 9.76. The summed E-state index contributed by atoms with van der Waals surface area (Å²) in [5.41, 5.74) is 1.25. The Morgan fingerprint density at radius 1 is 1.35 bits per heavy atom. The number of benzene rings is 1. The summed E-state index contributed by atoms with van der Waals surface area (Å²) in [5.74, 6) is 1.87. The molecular formula is C16H23BrN2O. The summed E-state index contributed by atoms with van der Waals surface area (Å²) in [7, 11) is 0. The quantitative estimate of drug-likeness (QED) is 0.892.